The van der Waals surface area contributed by atoms with E-state index < -0.39 is 0 Å². The molecule has 5 heteroatoms. The van der Waals surface area contributed by atoms with Crippen molar-refractivity contribution >= 4 is 39.3 Å². The Labute approximate surface area is 149 Å². The Kier molecular flexibility index (Phi) is 4.81. The van der Waals surface area contributed by atoms with E-state index in [1.807, 2.05) is 68.5 Å². The molecule has 24 heavy (non-hydrogen) atoms. The Balaban J connectivity index is 1.96. The van der Waals surface area contributed by atoms with Gasteiger partial charge in [0, 0.05) is 4.47 Å². The highest BCUT2D eigenvalue weighted by Crippen LogP contribution is 2.28. The molecule has 1 amide bonds. The first-order valence-corrected chi connectivity index (χ1v) is 8.48. The van der Waals surface area contributed by atoms with Crippen LogP contribution in [0.15, 0.2) is 63.7 Å². The Morgan fingerprint density at radius 1 is 1.21 bits per heavy atom. The molecule has 0 aromatic heterocycles. The summed E-state index contributed by atoms with van der Waals surface area (Å²) in [6.45, 7) is 4.38. The molecular weight excluding hydrogens is 368 g/mol. The normalized spacial score (nSPS) is 15.8. The molecule has 0 saturated carbocycles. The Bertz CT molecular complexity index is 829. The highest BCUT2D eigenvalue weighted by molar-refractivity contribution is 9.10. The molecule has 4 nitrogen and oxygen atoms in total. The predicted molar refractivity (Wildman–Crippen MR) is 100 cm³/mol. The molecule has 1 aliphatic heterocycles. The standard InChI is InChI=1S/C19H17BrN2O2/c1-3-24-16-9-10-18(20)14(11-16)12-17-13(2)21-22(19(17)23)15-7-5-4-6-8-15/h4-12H,3H2,1-2H3/b17-12+. The maximum absolute atomic E-state index is 12.7. The van der Waals surface area contributed by atoms with Crippen molar-refractivity contribution in [2.45, 2.75) is 13.8 Å². The zero-order valence-electron chi connectivity index (χ0n) is 13.5. The first kappa shape index (κ1) is 16.5. The number of carbonyl (C=O) groups is 1. The summed E-state index contributed by atoms with van der Waals surface area (Å²) in [4.78, 5) is 12.7. The van der Waals surface area contributed by atoms with Gasteiger partial charge in [-0.1, -0.05) is 34.1 Å². The lowest BCUT2D eigenvalue weighted by atomic mass is 10.1. The molecule has 0 unspecified atom stereocenters. The summed E-state index contributed by atoms with van der Waals surface area (Å²) in [5.74, 6) is 0.639. The van der Waals surface area contributed by atoms with Crippen LogP contribution in [-0.4, -0.2) is 18.2 Å². The number of hydrogen-bond acceptors (Lipinski definition) is 3. The van der Waals surface area contributed by atoms with Crippen LogP contribution in [0, 0.1) is 0 Å². The summed E-state index contributed by atoms with van der Waals surface area (Å²) in [6.07, 6.45) is 1.84. The van der Waals surface area contributed by atoms with Crippen LogP contribution in [0.1, 0.15) is 19.4 Å². The molecule has 1 heterocycles. The minimum absolute atomic E-state index is 0.132. The van der Waals surface area contributed by atoms with Crippen molar-refractivity contribution < 1.29 is 9.53 Å². The second-order valence-electron chi connectivity index (χ2n) is 5.31. The number of hydrogen-bond donors (Lipinski definition) is 0. The van der Waals surface area contributed by atoms with E-state index in [-0.39, 0.29) is 5.91 Å². The molecule has 2 aromatic carbocycles. The lowest BCUT2D eigenvalue weighted by Crippen LogP contribution is -2.21. The van der Waals surface area contributed by atoms with Gasteiger partial charge in [-0.2, -0.15) is 10.1 Å². The molecule has 1 aliphatic rings. The first-order chi connectivity index (χ1) is 11.6. The van der Waals surface area contributed by atoms with Gasteiger partial charge in [0.25, 0.3) is 5.91 Å². The number of rotatable bonds is 4. The molecule has 122 valence electrons. The number of benzene rings is 2. The quantitative estimate of drug-likeness (QED) is 0.719. The van der Waals surface area contributed by atoms with Crippen molar-refractivity contribution in [3.05, 3.63) is 64.1 Å². The van der Waals surface area contributed by atoms with E-state index in [4.69, 9.17) is 4.74 Å². The monoisotopic (exact) mass is 384 g/mol. The number of ether oxygens (including phenoxy) is 1. The van der Waals surface area contributed by atoms with Gasteiger partial charge in [0.15, 0.2) is 0 Å². The zero-order valence-corrected chi connectivity index (χ0v) is 15.1. The summed E-state index contributed by atoms with van der Waals surface area (Å²) in [5.41, 5.74) is 2.91. The summed E-state index contributed by atoms with van der Waals surface area (Å²) in [6, 6.07) is 15.1. The molecule has 0 radical (unpaired) electrons. The predicted octanol–water partition coefficient (Wildman–Crippen LogP) is 4.65. The number of anilines is 1. The third-order valence-electron chi connectivity index (χ3n) is 3.64. The molecule has 0 spiro atoms. The number of para-hydroxylation sites is 1. The fourth-order valence-electron chi connectivity index (χ4n) is 2.47. The van der Waals surface area contributed by atoms with Crippen LogP contribution in [0.4, 0.5) is 5.69 Å². The number of halogens is 1. The van der Waals surface area contributed by atoms with Gasteiger partial charge in [0.1, 0.15) is 5.75 Å². The SMILES string of the molecule is CCOc1ccc(Br)c(/C=C2/C(=O)N(c3ccccc3)N=C2C)c1. The van der Waals surface area contributed by atoms with Crippen LogP contribution < -0.4 is 9.75 Å². The minimum Gasteiger partial charge on any atom is -0.494 e. The number of hydrazone groups is 1. The van der Waals surface area contributed by atoms with E-state index in [1.165, 1.54) is 5.01 Å². The van der Waals surface area contributed by atoms with E-state index in [0.29, 0.717) is 17.9 Å². The van der Waals surface area contributed by atoms with Crippen molar-refractivity contribution in [2.75, 3.05) is 11.6 Å². The van der Waals surface area contributed by atoms with Crippen molar-refractivity contribution in [3.63, 3.8) is 0 Å². The van der Waals surface area contributed by atoms with Gasteiger partial charge in [-0.25, -0.2) is 0 Å². The highest BCUT2D eigenvalue weighted by atomic mass is 79.9. The molecule has 0 bridgehead atoms. The van der Waals surface area contributed by atoms with Gasteiger partial charge in [-0.3, -0.25) is 4.79 Å². The highest BCUT2D eigenvalue weighted by Gasteiger charge is 2.28. The third kappa shape index (κ3) is 3.26. The topological polar surface area (TPSA) is 41.9 Å². The smallest absolute Gasteiger partial charge is 0.280 e. The molecule has 0 atom stereocenters. The second-order valence-corrected chi connectivity index (χ2v) is 6.17. The lowest BCUT2D eigenvalue weighted by molar-refractivity contribution is -0.114. The van der Waals surface area contributed by atoms with E-state index >= 15 is 0 Å². The minimum atomic E-state index is -0.132. The Morgan fingerprint density at radius 2 is 1.96 bits per heavy atom. The van der Waals surface area contributed by atoms with E-state index in [2.05, 4.69) is 21.0 Å². The van der Waals surface area contributed by atoms with Gasteiger partial charge in [0.2, 0.25) is 0 Å². The molecule has 0 saturated heterocycles. The van der Waals surface area contributed by atoms with Crippen LogP contribution in [0.5, 0.6) is 5.75 Å². The van der Waals surface area contributed by atoms with E-state index in [0.717, 1.165) is 21.5 Å². The maximum atomic E-state index is 12.7. The maximum Gasteiger partial charge on any atom is 0.280 e. The zero-order chi connectivity index (χ0) is 17.1. The van der Waals surface area contributed by atoms with Crippen molar-refractivity contribution in [1.29, 1.82) is 0 Å². The molecular formula is C19H17BrN2O2. The van der Waals surface area contributed by atoms with Crippen LogP contribution in [0.25, 0.3) is 6.08 Å². The number of amides is 1. The first-order valence-electron chi connectivity index (χ1n) is 7.69. The summed E-state index contributed by atoms with van der Waals surface area (Å²) in [5, 5.41) is 5.82. The van der Waals surface area contributed by atoms with Crippen molar-refractivity contribution in [3.8, 4) is 5.75 Å². The summed E-state index contributed by atoms with van der Waals surface area (Å²) < 4.78 is 6.43. The van der Waals surface area contributed by atoms with Crippen molar-refractivity contribution in [1.82, 2.24) is 0 Å². The fourth-order valence-corrected chi connectivity index (χ4v) is 2.83. The average Bonchev–Trinajstić information content (AvgIpc) is 2.87. The molecule has 0 N–H and O–H groups in total. The lowest BCUT2D eigenvalue weighted by Gasteiger charge is -2.11. The number of carbonyl (C=O) groups excluding carboxylic acids is 1. The van der Waals surface area contributed by atoms with Crippen LogP contribution in [-0.2, 0) is 4.79 Å². The van der Waals surface area contributed by atoms with Gasteiger partial charge in [-0.05, 0) is 55.8 Å². The van der Waals surface area contributed by atoms with Crippen molar-refractivity contribution in [2.24, 2.45) is 5.10 Å². The van der Waals surface area contributed by atoms with Crippen LogP contribution in [0.3, 0.4) is 0 Å². The van der Waals surface area contributed by atoms with Crippen LogP contribution >= 0.6 is 15.9 Å². The number of nitrogens with zero attached hydrogens (tertiary/aromatic N) is 2. The summed E-state index contributed by atoms with van der Waals surface area (Å²) >= 11 is 3.52. The third-order valence-corrected chi connectivity index (χ3v) is 4.36. The van der Waals surface area contributed by atoms with Gasteiger partial charge in [0.05, 0.1) is 23.6 Å². The van der Waals surface area contributed by atoms with E-state index in [9.17, 15) is 4.79 Å². The molecule has 3 rings (SSSR count). The largest absolute Gasteiger partial charge is 0.494 e. The van der Waals surface area contributed by atoms with Gasteiger partial charge in [-0.15, -0.1) is 0 Å². The Hall–Kier alpha value is -2.40. The molecule has 0 aliphatic carbocycles. The summed E-state index contributed by atoms with van der Waals surface area (Å²) in [7, 11) is 0. The average molecular weight is 385 g/mol. The van der Waals surface area contributed by atoms with Crippen LogP contribution in [0.2, 0.25) is 0 Å². The molecule has 2 aromatic rings. The molecule has 0 fully saturated rings. The Morgan fingerprint density at radius 3 is 2.67 bits per heavy atom. The second kappa shape index (κ2) is 7.01. The fraction of sp³-hybridized carbons (Fsp3) is 0.158. The van der Waals surface area contributed by atoms with E-state index in [1.54, 1.807) is 0 Å². The van der Waals surface area contributed by atoms with Gasteiger partial charge >= 0.3 is 0 Å². The van der Waals surface area contributed by atoms with Gasteiger partial charge < -0.3 is 4.74 Å².